The minimum absolute atomic E-state index is 0.712. The molecule has 0 saturated carbocycles. The molecule has 226 valence electrons. The van der Waals surface area contributed by atoms with Crippen LogP contribution in [0.1, 0.15) is 5.56 Å². The number of allylic oxidation sites excluding steroid dienone is 2. The first-order chi connectivity index (χ1) is 23.8. The molecule has 1 N–H and O–H groups in total. The Balaban J connectivity index is 1.25. The third kappa shape index (κ3) is 5.12. The summed E-state index contributed by atoms with van der Waals surface area (Å²) in [7, 11) is 0. The van der Waals surface area contributed by atoms with Gasteiger partial charge in [0.1, 0.15) is 0 Å². The van der Waals surface area contributed by atoms with Crippen molar-refractivity contribution in [3.05, 3.63) is 176 Å². The van der Waals surface area contributed by atoms with E-state index in [1.54, 1.807) is 0 Å². The van der Waals surface area contributed by atoms with E-state index in [1.165, 1.54) is 32.5 Å². The maximum atomic E-state index is 5.31. The number of fused-ring (bicyclic) bond motifs is 4. The van der Waals surface area contributed by atoms with Crippen LogP contribution in [0, 0.1) is 0 Å². The molecule has 2 heterocycles. The van der Waals surface area contributed by atoms with Crippen LogP contribution in [0.25, 0.3) is 82.9 Å². The average molecular weight is 614 g/mol. The molecule has 0 unspecified atom stereocenters. The lowest BCUT2D eigenvalue weighted by Crippen LogP contribution is -2.08. The summed E-state index contributed by atoms with van der Waals surface area (Å²) in [5.41, 5.74) is 9.53. The van der Waals surface area contributed by atoms with E-state index in [2.05, 4.69) is 175 Å². The van der Waals surface area contributed by atoms with Crippen molar-refractivity contribution in [2.45, 2.75) is 0 Å². The highest BCUT2D eigenvalue weighted by atomic mass is 14.9. The first-order valence-electron chi connectivity index (χ1n) is 16.4. The van der Waals surface area contributed by atoms with Crippen molar-refractivity contribution in [1.82, 2.24) is 15.3 Å². The number of hydrogen-bond donors (Lipinski definition) is 1. The van der Waals surface area contributed by atoms with E-state index in [0.717, 1.165) is 56.7 Å². The maximum Gasteiger partial charge on any atom is 0.161 e. The normalized spacial score (nSPS) is 12.7. The predicted octanol–water partition coefficient (Wildman–Crippen LogP) is 11.1. The van der Waals surface area contributed by atoms with Crippen LogP contribution < -0.4 is 5.32 Å². The summed E-state index contributed by atoms with van der Waals surface area (Å²) in [5.74, 6) is 0.712. The molecule has 1 aromatic heterocycles. The molecule has 0 fully saturated rings. The Labute approximate surface area is 279 Å². The quantitative estimate of drug-likeness (QED) is 0.196. The zero-order valence-corrected chi connectivity index (χ0v) is 26.3. The molecule has 3 nitrogen and oxygen atoms in total. The number of aromatic nitrogens is 2. The van der Waals surface area contributed by atoms with Crippen LogP contribution in [0.5, 0.6) is 0 Å². The van der Waals surface area contributed by atoms with Crippen LogP contribution in [0.3, 0.4) is 0 Å². The Morgan fingerprint density at radius 3 is 1.83 bits per heavy atom. The zero-order valence-electron chi connectivity index (χ0n) is 26.3. The van der Waals surface area contributed by atoms with Crippen molar-refractivity contribution in [3.8, 4) is 45.0 Å². The molecule has 9 rings (SSSR count). The van der Waals surface area contributed by atoms with Gasteiger partial charge in [-0.2, -0.15) is 0 Å². The molecule has 0 aliphatic carbocycles. The van der Waals surface area contributed by atoms with Gasteiger partial charge >= 0.3 is 0 Å². The Kier molecular flexibility index (Phi) is 6.87. The number of nitrogens with one attached hydrogen (secondary N) is 1. The molecule has 0 bridgehead atoms. The molecule has 0 amide bonds. The topological polar surface area (TPSA) is 37.8 Å². The van der Waals surface area contributed by atoms with Gasteiger partial charge in [-0.3, -0.25) is 0 Å². The van der Waals surface area contributed by atoms with E-state index in [-0.39, 0.29) is 0 Å². The summed E-state index contributed by atoms with van der Waals surface area (Å²) in [4.78, 5) is 10.6. The lowest BCUT2D eigenvalue weighted by molar-refractivity contribution is 0.976. The van der Waals surface area contributed by atoms with Crippen LogP contribution >= 0.6 is 0 Å². The summed E-state index contributed by atoms with van der Waals surface area (Å²) in [6.45, 7) is 0.847. The van der Waals surface area contributed by atoms with Crippen molar-refractivity contribution in [2.24, 2.45) is 0 Å². The van der Waals surface area contributed by atoms with Gasteiger partial charge < -0.3 is 5.32 Å². The van der Waals surface area contributed by atoms with Crippen LogP contribution in [-0.4, -0.2) is 16.5 Å². The van der Waals surface area contributed by atoms with Crippen molar-refractivity contribution >= 4 is 37.9 Å². The van der Waals surface area contributed by atoms with Crippen LogP contribution in [0.2, 0.25) is 0 Å². The second-order valence-corrected chi connectivity index (χ2v) is 12.3. The summed E-state index contributed by atoms with van der Waals surface area (Å²) >= 11 is 0. The second-order valence-electron chi connectivity index (χ2n) is 12.3. The molecule has 0 atom stereocenters. The lowest BCUT2D eigenvalue weighted by Gasteiger charge is -2.14. The molecular weight excluding hydrogens is 583 g/mol. The van der Waals surface area contributed by atoms with E-state index >= 15 is 0 Å². The van der Waals surface area contributed by atoms with E-state index in [1.807, 2.05) is 0 Å². The van der Waals surface area contributed by atoms with Crippen molar-refractivity contribution < 1.29 is 0 Å². The van der Waals surface area contributed by atoms with Gasteiger partial charge in [0.2, 0.25) is 0 Å². The fourth-order valence-corrected chi connectivity index (χ4v) is 6.84. The largest absolute Gasteiger partial charge is 0.387 e. The van der Waals surface area contributed by atoms with Gasteiger partial charge in [0.25, 0.3) is 0 Å². The Hall–Kier alpha value is -6.32. The summed E-state index contributed by atoms with van der Waals surface area (Å²) in [6.07, 6.45) is 6.40. The molecular formula is C45H31N3. The standard InChI is InChI=1S/C45H31N3/c1-2-11-31-24-34(22-21-30(31)10-1)32-13-7-15-36(25-32)43-28-44(37-16-8-14-33(26-37)38-17-9-23-46-29-38)48-45(47-43)42-27-35-12-3-4-18-39(35)40-19-5-6-20-41(40)42/h1-22,24-29,46H,23H2. The first kappa shape index (κ1) is 27.9. The Morgan fingerprint density at radius 1 is 0.438 bits per heavy atom. The van der Waals surface area contributed by atoms with Gasteiger partial charge in [-0.1, -0.05) is 133 Å². The average Bonchev–Trinajstić information content (AvgIpc) is 3.17. The molecule has 1 aliphatic heterocycles. The van der Waals surface area contributed by atoms with Crippen molar-refractivity contribution in [2.75, 3.05) is 6.54 Å². The monoisotopic (exact) mass is 613 g/mol. The van der Waals surface area contributed by atoms with Crippen LogP contribution in [0.4, 0.5) is 0 Å². The van der Waals surface area contributed by atoms with Gasteiger partial charge in [0.15, 0.2) is 5.82 Å². The summed E-state index contributed by atoms with van der Waals surface area (Å²) in [5, 5.41) is 10.5. The first-order valence-corrected chi connectivity index (χ1v) is 16.4. The highest BCUT2D eigenvalue weighted by Gasteiger charge is 2.16. The Bertz CT molecular complexity index is 2580. The smallest absolute Gasteiger partial charge is 0.161 e. The number of benzene rings is 7. The molecule has 48 heavy (non-hydrogen) atoms. The fraction of sp³-hybridized carbons (Fsp3) is 0.0222. The molecule has 3 heteroatoms. The summed E-state index contributed by atoms with van der Waals surface area (Å²) in [6, 6.07) is 54.0. The van der Waals surface area contributed by atoms with Gasteiger partial charge in [-0.25, -0.2) is 9.97 Å². The van der Waals surface area contributed by atoms with E-state index in [4.69, 9.17) is 9.97 Å². The molecule has 7 aromatic carbocycles. The molecule has 8 aromatic rings. The molecule has 0 spiro atoms. The third-order valence-electron chi connectivity index (χ3n) is 9.26. The second kappa shape index (κ2) is 11.8. The van der Waals surface area contributed by atoms with Crippen LogP contribution in [0.15, 0.2) is 170 Å². The number of dihydropyridines is 1. The lowest BCUT2D eigenvalue weighted by atomic mass is 9.96. The zero-order chi connectivity index (χ0) is 31.9. The number of hydrogen-bond acceptors (Lipinski definition) is 3. The van der Waals surface area contributed by atoms with E-state index in [0.29, 0.717) is 5.82 Å². The minimum Gasteiger partial charge on any atom is -0.387 e. The highest BCUT2D eigenvalue weighted by molar-refractivity contribution is 6.13. The molecule has 1 aliphatic rings. The highest BCUT2D eigenvalue weighted by Crippen LogP contribution is 2.37. The van der Waals surface area contributed by atoms with Crippen LogP contribution in [-0.2, 0) is 0 Å². The van der Waals surface area contributed by atoms with Gasteiger partial charge in [-0.15, -0.1) is 0 Å². The molecule has 0 radical (unpaired) electrons. The third-order valence-corrected chi connectivity index (χ3v) is 9.26. The molecule has 0 saturated heterocycles. The SMILES string of the molecule is C1=CC(c2cccc(-c3cc(-c4cccc(-c5ccc6ccccc6c5)c4)nc(-c4cc5ccccc5c5ccccc45)n3)c2)=CNC1. The maximum absolute atomic E-state index is 5.31. The van der Waals surface area contributed by atoms with Crippen molar-refractivity contribution in [1.29, 1.82) is 0 Å². The predicted molar refractivity (Wildman–Crippen MR) is 201 cm³/mol. The van der Waals surface area contributed by atoms with E-state index < -0.39 is 0 Å². The van der Waals surface area contributed by atoms with Gasteiger partial charge in [0, 0.05) is 29.4 Å². The van der Waals surface area contributed by atoms with E-state index in [9.17, 15) is 0 Å². The van der Waals surface area contributed by atoms with Crippen molar-refractivity contribution in [3.63, 3.8) is 0 Å². The Morgan fingerprint density at radius 2 is 1.06 bits per heavy atom. The van der Waals surface area contributed by atoms with Gasteiger partial charge in [0.05, 0.1) is 11.4 Å². The fourth-order valence-electron chi connectivity index (χ4n) is 6.84. The van der Waals surface area contributed by atoms with Gasteiger partial charge in [-0.05, 0) is 84.9 Å². The number of rotatable bonds is 5. The minimum atomic E-state index is 0.712. The number of nitrogens with zero attached hydrogens (tertiary/aromatic N) is 2. The summed E-state index contributed by atoms with van der Waals surface area (Å²) < 4.78 is 0.